The van der Waals surface area contributed by atoms with E-state index in [1.54, 1.807) is 6.26 Å². The molecule has 0 saturated carbocycles. The van der Waals surface area contributed by atoms with Crippen molar-refractivity contribution in [2.24, 2.45) is 5.73 Å². The van der Waals surface area contributed by atoms with Gasteiger partial charge in [-0.25, -0.2) is 0 Å². The summed E-state index contributed by atoms with van der Waals surface area (Å²) in [4.78, 5) is 0. The van der Waals surface area contributed by atoms with E-state index in [4.69, 9.17) is 10.2 Å². The van der Waals surface area contributed by atoms with Gasteiger partial charge in [0.15, 0.2) is 0 Å². The Labute approximate surface area is 54.7 Å². The van der Waals surface area contributed by atoms with Crippen LogP contribution in [0, 0.1) is 6.92 Å². The van der Waals surface area contributed by atoms with Crippen LogP contribution in [0.2, 0.25) is 0 Å². The van der Waals surface area contributed by atoms with Crippen LogP contribution in [-0.4, -0.2) is 6.54 Å². The predicted molar refractivity (Wildman–Crippen MR) is 36.2 cm³/mol. The summed E-state index contributed by atoms with van der Waals surface area (Å²) in [6, 6.07) is 2.01. The van der Waals surface area contributed by atoms with Gasteiger partial charge >= 0.3 is 0 Å². The lowest BCUT2D eigenvalue weighted by Gasteiger charge is -1.85. The van der Waals surface area contributed by atoms with Gasteiger partial charge in [0, 0.05) is 0 Å². The van der Waals surface area contributed by atoms with Gasteiger partial charge in [-0.1, -0.05) is 0 Å². The van der Waals surface area contributed by atoms with Gasteiger partial charge in [-0.2, -0.15) is 0 Å². The van der Waals surface area contributed by atoms with Crippen LogP contribution in [0.5, 0.6) is 0 Å². The molecule has 0 unspecified atom stereocenters. The molecule has 2 heteroatoms. The number of hydrogen-bond donors (Lipinski definition) is 1. The molecule has 0 aliphatic heterocycles. The van der Waals surface area contributed by atoms with Crippen molar-refractivity contribution in [1.29, 1.82) is 0 Å². The maximum absolute atomic E-state index is 5.33. The van der Waals surface area contributed by atoms with E-state index in [0.29, 0.717) is 6.54 Å². The Kier molecular flexibility index (Phi) is 1.90. The summed E-state index contributed by atoms with van der Waals surface area (Å²) in [6.07, 6.45) is 2.67. The first-order chi connectivity index (χ1) is 4.33. The van der Waals surface area contributed by atoms with E-state index in [0.717, 1.165) is 12.2 Å². The van der Waals surface area contributed by atoms with E-state index in [2.05, 4.69) is 0 Å². The molecule has 1 heterocycles. The Morgan fingerprint density at radius 2 is 2.44 bits per heavy atom. The lowest BCUT2D eigenvalue weighted by Crippen LogP contribution is -2.01. The third-order valence-electron chi connectivity index (χ3n) is 1.22. The molecule has 0 aliphatic rings. The van der Waals surface area contributed by atoms with Crippen molar-refractivity contribution in [3.63, 3.8) is 0 Å². The second-order valence-electron chi connectivity index (χ2n) is 2.10. The summed E-state index contributed by atoms with van der Waals surface area (Å²) < 4.78 is 5.06. The number of aryl methyl sites for hydroxylation is 1. The fourth-order valence-electron chi connectivity index (χ4n) is 0.796. The third kappa shape index (κ3) is 1.57. The molecule has 0 spiro atoms. The topological polar surface area (TPSA) is 39.2 Å². The van der Waals surface area contributed by atoms with E-state index >= 15 is 0 Å². The molecule has 0 bridgehead atoms. The van der Waals surface area contributed by atoms with Gasteiger partial charge in [0.2, 0.25) is 0 Å². The highest BCUT2D eigenvalue weighted by Crippen LogP contribution is 2.05. The van der Waals surface area contributed by atoms with Crippen LogP contribution in [0.4, 0.5) is 0 Å². The largest absolute Gasteiger partial charge is 0.469 e. The predicted octanol–water partition coefficient (Wildman–Crippen LogP) is 1.09. The zero-order valence-electron chi connectivity index (χ0n) is 5.55. The van der Waals surface area contributed by atoms with Crippen LogP contribution >= 0.6 is 0 Å². The summed E-state index contributed by atoms with van der Waals surface area (Å²) in [5, 5.41) is 0. The van der Waals surface area contributed by atoms with Crippen LogP contribution in [0.3, 0.4) is 0 Å². The molecule has 0 radical (unpaired) electrons. The Morgan fingerprint density at radius 3 is 2.89 bits per heavy atom. The number of hydrogen-bond acceptors (Lipinski definition) is 2. The molecule has 50 valence electrons. The molecule has 0 atom stereocenters. The number of furan rings is 1. The van der Waals surface area contributed by atoms with E-state index in [1.165, 1.54) is 5.56 Å². The van der Waals surface area contributed by atoms with Gasteiger partial charge in [-0.15, -0.1) is 0 Å². The summed E-state index contributed by atoms with van der Waals surface area (Å²) in [5.74, 6) is 0.957. The zero-order valence-corrected chi connectivity index (χ0v) is 5.55. The van der Waals surface area contributed by atoms with Crippen molar-refractivity contribution < 1.29 is 4.42 Å². The van der Waals surface area contributed by atoms with Gasteiger partial charge in [0.25, 0.3) is 0 Å². The fourth-order valence-corrected chi connectivity index (χ4v) is 0.796. The molecule has 0 aliphatic carbocycles. The summed E-state index contributed by atoms with van der Waals surface area (Å²) in [7, 11) is 0. The van der Waals surface area contributed by atoms with Crippen molar-refractivity contribution in [2.75, 3.05) is 6.54 Å². The number of nitrogens with two attached hydrogens (primary N) is 1. The molecule has 1 aromatic rings. The molecule has 2 nitrogen and oxygen atoms in total. The molecule has 2 N–H and O–H groups in total. The van der Waals surface area contributed by atoms with Crippen LogP contribution in [0.15, 0.2) is 16.7 Å². The van der Waals surface area contributed by atoms with Gasteiger partial charge in [-0.05, 0) is 31.5 Å². The average Bonchev–Trinajstić information content (AvgIpc) is 2.17. The molecular formula is C7H11NO. The standard InChI is InChI=1S/C7H11NO/c1-6-4-7(2-3-8)5-9-6/h4-5H,2-3,8H2,1H3. The Hall–Kier alpha value is -0.760. The first-order valence-corrected chi connectivity index (χ1v) is 3.07. The van der Waals surface area contributed by atoms with Crippen molar-refractivity contribution in [1.82, 2.24) is 0 Å². The van der Waals surface area contributed by atoms with Crippen molar-refractivity contribution in [3.8, 4) is 0 Å². The highest BCUT2D eigenvalue weighted by Gasteiger charge is 1.93. The molecule has 1 aromatic heterocycles. The highest BCUT2D eigenvalue weighted by molar-refractivity contribution is 5.11. The fraction of sp³-hybridized carbons (Fsp3) is 0.429. The van der Waals surface area contributed by atoms with Crippen molar-refractivity contribution in [2.45, 2.75) is 13.3 Å². The molecule has 0 saturated heterocycles. The maximum Gasteiger partial charge on any atom is 0.100 e. The minimum atomic E-state index is 0.693. The normalized spacial score (nSPS) is 10.0. The smallest absolute Gasteiger partial charge is 0.100 e. The molecule has 0 fully saturated rings. The van der Waals surface area contributed by atoms with Crippen molar-refractivity contribution in [3.05, 3.63) is 23.7 Å². The lowest BCUT2D eigenvalue weighted by atomic mass is 10.2. The molecule has 0 amide bonds. The van der Waals surface area contributed by atoms with Crippen LogP contribution in [-0.2, 0) is 6.42 Å². The number of rotatable bonds is 2. The molecular weight excluding hydrogens is 114 g/mol. The maximum atomic E-state index is 5.33. The van der Waals surface area contributed by atoms with E-state index < -0.39 is 0 Å². The average molecular weight is 125 g/mol. The van der Waals surface area contributed by atoms with Gasteiger partial charge < -0.3 is 10.2 Å². The Balaban J connectivity index is 2.61. The summed E-state index contributed by atoms with van der Waals surface area (Å²) in [6.45, 7) is 2.62. The van der Waals surface area contributed by atoms with Crippen LogP contribution < -0.4 is 5.73 Å². The first-order valence-electron chi connectivity index (χ1n) is 3.07. The van der Waals surface area contributed by atoms with Gasteiger partial charge in [0.05, 0.1) is 6.26 Å². The second-order valence-corrected chi connectivity index (χ2v) is 2.10. The summed E-state index contributed by atoms with van der Waals surface area (Å²) in [5.41, 5.74) is 6.52. The van der Waals surface area contributed by atoms with E-state index in [1.807, 2.05) is 13.0 Å². The van der Waals surface area contributed by atoms with E-state index in [9.17, 15) is 0 Å². The molecule has 9 heavy (non-hydrogen) atoms. The van der Waals surface area contributed by atoms with Crippen LogP contribution in [0.25, 0.3) is 0 Å². The lowest BCUT2D eigenvalue weighted by molar-refractivity contribution is 0.531. The highest BCUT2D eigenvalue weighted by atomic mass is 16.3. The van der Waals surface area contributed by atoms with Crippen molar-refractivity contribution >= 4 is 0 Å². The SMILES string of the molecule is Cc1cc(CCN)co1. The van der Waals surface area contributed by atoms with E-state index in [-0.39, 0.29) is 0 Å². The minimum Gasteiger partial charge on any atom is -0.469 e. The Bertz CT molecular complexity index is 181. The van der Waals surface area contributed by atoms with Crippen LogP contribution in [0.1, 0.15) is 11.3 Å². The monoisotopic (exact) mass is 125 g/mol. The second kappa shape index (κ2) is 2.69. The minimum absolute atomic E-state index is 0.693. The van der Waals surface area contributed by atoms with Gasteiger partial charge in [-0.3, -0.25) is 0 Å². The quantitative estimate of drug-likeness (QED) is 0.642. The Morgan fingerprint density at radius 1 is 1.67 bits per heavy atom. The molecule has 1 rings (SSSR count). The first kappa shape index (κ1) is 6.36. The summed E-state index contributed by atoms with van der Waals surface area (Å²) >= 11 is 0. The third-order valence-corrected chi connectivity index (χ3v) is 1.22. The zero-order chi connectivity index (χ0) is 6.69. The van der Waals surface area contributed by atoms with Gasteiger partial charge in [0.1, 0.15) is 5.76 Å². The molecule has 0 aromatic carbocycles.